The summed E-state index contributed by atoms with van der Waals surface area (Å²) in [5, 5.41) is 0. The van der Waals surface area contributed by atoms with E-state index in [1.54, 1.807) is 0 Å². The molecule has 1 rings (SSSR count). The van der Waals surface area contributed by atoms with Crippen LogP contribution in [0.4, 0.5) is 0 Å². The number of rotatable bonds is 2. The van der Waals surface area contributed by atoms with Crippen molar-refractivity contribution >= 4 is 5.96 Å². The van der Waals surface area contributed by atoms with Crippen LogP contribution in [0.15, 0.2) is 4.99 Å². The molecular formula is C10H22N4O. The van der Waals surface area contributed by atoms with Gasteiger partial charge < -0.3 is 9.64 Å². The van der Waals surface area contributed by atoms with Gasteiger partial charge in [-0.05, 0) is 19.8 Å². The smallest absolute Gasteiger partial charge is 0.208 e. The summed E-state index contributed by atoms with van der Waals surface area (Å²) in [6, 6.07) is 0. The number of nitrogens with zero attached hydrogens (tertiary/aromatic N) is 2. The summed E-state index contributed by atoms with van der Waals surface area (Å²) < 4.78 is 5.57. The van der Waals surface area contributed by atoms with Gasteiger partial charge in [0.15, 0.2) is 0 Å². The fraction of sp³-hybridized carbons (Fsp3) is 0.900. The van der Waals surface area contributed by atoms with Crippen LogP contribution >= 0.6 is 0 Å². The first-order valence-corrected chi connectivity index (χ1v) is 5.65. The lowest BCUT2D eigenvalue weighted by molar-refractivity contribution is 0.0740. The zero-order valence-corrected chi connectivity index (χ0v) is 9.70. The van der Waals surface area contributed by atoms with Crippen LogP contribution < -0.4 is 11.3 Å². The van der Waals surface area contributed by atoms with E-state index < -0.39 is 0 Å². The van der Waals surface area contributed by atoms with Crippen molar-refractivity contribution in [1.82, 2.24) is 10.3 Å². The van der Waals surface area contributed by atoms with Crippen molar-refractivity contribution in [2.75, 3.05) is 26.2 Å². The van der Waals surface area contributed by atoms with E-state index in [2.05, 4.69) is 29.2 Å². The summed E-state index contributed by atoms with van der Waals surface area (Å²) in [6.07, 6.45) is 2.30. The molecule has 0 bridgehead atoms. The minimum absolute atomic E-state index is 0.243. The van der Waals surface area contributed by atoms with Gasteiger partial charge in [0.2, 0.25) is 5.96 Å². The van der Waals surface area contributed by atoms with Crippen LogP contribution in [0, 0.1) is 0 Å². The third-order valence-electron chi connectivity index (χ3n) is 2.37. The van der Waals surface area contributed by atoms with E-state index in [0.717, 1.165) is 45.0 Å². The van der Waals surface area contributed by atoms with Gasteiger partial charge in [0.1, 0.15) is 0 Å². The molecule has 1 unspecified atom stereocenters. The van der Waals surface area contributed by atoms with Gasteiger partial charge in [-0.2, -0.15) is 0 Å². The van der Waals surface area contributed by atoms with Crippen molar-refractivity contribution in [1.29, 1.82) is 0 Å². The number of nitrogens with two attached hydrogens (primary N) is 1. The maximum absolute atomic E-state index is 5.57. The van der Waals surface area contributed by atoms with Gasteiger partial charge in [-0.15, -0.1) is 0 Å². The summed E-state index contributed by atoms with van der Waals surface area (Å²) in [5.41, 5.74) is 2.68. The molecule has 5 heteroatoms. The van der Waals surface area contributed by atoms with Gasteiger partial charge in [-0.1, -0.05) is 6.92 Å². The highest BCUT2D eigenvalue weighted by molar-refractivity contribution is 5.79. The van der Waals surface area contributed by atoms with Crippen molar-refractivity contribution in [3.8, 4) is 0 Å². The Kier molecular flexibility index (Phi) is 5.42. The molecular weight excluding hydrogens is 192 g/mol. The lowest BCUT2D eigenvalue weighted by Crippen LogP contribution is -2.47. The lowest BCUT2D eigenvalue weighted by Gasteiger charge is -2.24. The Morgan fingerprint density at radius 3 is 3.13 bits per heavy atom. The zero-order valence-electron chi connectivity index (χ0n) is 9.70. The van der Waals surface area contributed by atoms with Gasteiger partial charge in [-0.25, -0.2) is 5.84 Å². The van der Waals surface area contributed by atoms with Crippen molar-refractivity contribution in [2.24, 2.45) is 10.8 Å². The molecule has 1 aliphatic heterocycles. The highest BCUT2D eigenvalue weighted by Crippen LogP contribution is 2.05. The van der Waals surface area contributed by atoms with E-state index in [0.29, 0.717) is 0 Å². The van der Waals surface area contributed by atoms with E-state index >= 15 is 0 Å². The average molecular weight is 214 g/mol. The zero-order chi connectivity index (χ0) is 11.1. The van der Waals surface area contributed by atoms with Crippen molar-refractivity contribution in [3.63, 3.8) is 0 Å². The molecule has 0 amide bonds. The number of aliphatic imine (C=N–C) groups is 1. The topological polar surface area (TPSA) is 62.9 Å². The maximum Gasteiger partial charge on any atom is 0.208 e. The van der Waals surface area contributed by atoms with E-state index in [1.165, 1.54) is 0 Å². The minimum atomic E-state index is 0.243. The number of hydrogen-bond donors (Lipinski definition) is 2. The van der Waals surface area contributed by atoms with Crippen LogP contribution in [0.25, 0.3) is 0 Å². The van der Waals surface area contributed by atoms with Crippen molar-refractivity contribution in [2.45, 2.75) is 32.8 Å². The van der Waals surface area contributed by atoms with Gasteiger partial charge >= 0.3 is 0 Å². The van der Waals surface area contributed by atoms with Gasteiger partial charge in [0, 0.05) is 26.2 Å². The molecule has 1 saturated heterocycles. The Morgan fingerprint density at radius 1 is 1.67 bits per heavy atom. The molecule has 1 aliphatic rings. The number of guanidine groups is 1. The van der Waals surface area contributed by atoms with Crippen LogP contribution in [-0.4, -0.2) is 43.2 Å². The molecule has 0 spiro atoms. The first-order valence-electron chi connectivity index (χ1n) is 5.65. The van der Waals surface area contributed by atoms with Crippen molar-refractivity contribution in [3.05, 3.63) is 0 Å². The van der Waals surface area contributed by atoms with Gasteiger partial charge in [0.25, 0.3) is 0 Å². The summed E-state index contributed by atoms with van der Waals surface area (Å²) in [5.74, 6) is 6.26. The number of ether oxygens (including phenoxy) is 1. The molecule has 0 aromatic carbocycles. The van der Waals surface area contributed by atoms with Gasteiger partial charge in [-0.3, -0.25) is 10.4 Å². The predicted octanol–water partition coefficient (Wildman–Crippen LogP) is 0.327. The SMILES string of the molecule is CCCN=C(NN)N1CCCOC(C)C1. The summed E-state index contributed by atoms with van der Waals surface area (Å²) in [4.78, 5) is 6.57. The number of hydrogen-bond acceptors (Lipinski definition) is 3. The maximum atomic E-state index is 5.57. The number of hydrazine groups is 1. The highest BCUT2D eigenvalue weighted by Gasteiger charge is 2.17. The van der Waals surface area contributed by atoms with Crippen LogP contribution in [0.5, 0.6) is 0 Å². The lowest BCUT2D eigenvalue weighted by atomic mass is 10.3. The second kappa shape index (κ2) is 6.63. The predicted molar refractivity (Wildman–Crippen MR) is 61.5 cm³/mol. The van der Waals surface area contributed by atoms with E-state index in [-0.39, 0.29) is 6.10 Å². The van der Waals surface area contributed by atoms with E-state index in [9.17, 15) is 0 Å². The fourth-order valence-electron chi connectivity index (χ4n) is 1.64. The highest BCUT2D eigenvalue weighted by atomic mass is 16.5. The summed E-state index contributed by atoms with van der Waals surface area (Å²) in [6.45, 7) is 7.62. The third-order valence-corrected chi connectivity index (χ3v) is 2.37. The molecule has 0 aliphatic carbocycles. The fourth-order valence-corrected chi connectivity index (χ4v) is 1.64. The van der Waals surface area contributed by atoms with Crippen LogP contribution in [0.1, 0.15) is 26.7 Å². The van der Waals surface area contributed by atoms with Crippen molar-refractivity contribution < 1.29 is 4.74 Å². The Bertz CT molecular complexity index is 208. The van der Waals surface area contributed by atoms with Crippen LogP contribution in [-0.2, 0) is 4.74 Å². The summed E-state index contributed by atoms with van der Waals surface area (Å²) >= 11 is 0. The van der Waals surface area contributed by atoms with Gasteiger partial charge in [0.05, 0.1) is 6.10 Å². The molecule has 88 valence electrons. The standard InChI is InChI=1S/C10H22N4O/c1-3-5-12-10(13-11)14-6-4-7-15-9(2)8-14/h9H,3-8,11H2,1-2H3,(H,12,13). The quantitative estimate of drug-likeness (QED) is 0.301. The molecule has 1 fully saturated rings. The number of nitrogens with one attached hydrogen (secondary N) is 1. The third kappa shape index (κ3) is 4.05. The van der Waals surface area contributed by atoms with Crippen LogP contribution in [0.2, 0.25) is 0 Å². The largest absolute Gasteiger partial charge is 0.377 e. The molecule has 1 heterocycles. The first kappa shape index (κ1) is 12.3. The normalized spacial score (nSPS) is 23.8. The second-order valence-electron chi connectivity index (χ2n) is 3.83. The molecule has 3 N–H and O–H groups in total. The molecule has 0 aromatic rings. The summed E-state index contributed by atoms with van der Waals surface area (Å²) in [7, 11) is 0. The first-order chi connectivity index (χ1) is 7.27. The molecule has 1 atom stereocenters. The molecule has 0 radical (unpaired) electrons. The van der Waals surface area contributed by atoms with Crippen LogP contribution in [0.3, 0.4) is 0 Å². The monoisotopic (exact) mass is 214 g/mol. The molecule has 5 nitrogen and oxygen atoms in total. The molecule has 0 saturated carbocycles. The van der Waals surface area contributed by atoms with E-state index in [4.69, 9.17) is 10.6 Å². The Morgan fingerprint density at radius 2 is 2.47 bits per heavy atom. The Labute approximate surface area is 91.6 Å². The Hall–Kier alpha value is -0.810. The molecule has 0 aromatic heterocycles. The second-order valence-corrected chi connectivity index (χ2v) is 3.83. The molecule has 15 heavy (non-hydrogen) atoms. The Balaban J connectivity index is 2.56. The average Bonchev–Trinajstić information content (AvgIpc) is 2.44. The minimum Gasteiger partial charge on any atom is -0.377 e. The van der Waals surface area contributed by atoms with E-state index in [1.807, 2.05) is 0 Å².